The quantitative estimate of drug-likeness (QED) is 0.626. The molecule has 3 rings (SSSR count). The number of nitrogens with zero attached hydrogens (tertiary/aromatic N) is 4. The van der Waals surface area contributed by atoms with Gasteiger partial charge < -0.3 is 9.47 Å². The fourth-order valence-electron chi connectivity index (χ4n) is 1.93. The minimum absolute atomic E-state index is 0.614. The Labute approximate surface area is 81.7 Å². The average molecular weight is 192 g/mol. The molecule has 5 nitrogen and oxygen atoms in total. The summed E-state index contributed by atoms with van der Waals surface area (Å²) in [5.41, 5.74) is 0. The van der Waals surface area contributed by atoms with Crippen LogP contribution in [0, 0.1) is 0 Å². The topological polar surface area (TPSA) is 51.0 Å². The molecule has 0 N–H and O–H groups in total. The Bertz CT molecular complexity index is 369. The molecule has 0 atom stereocenters. The molecule has 0 spiro atoms. The van der Waals surface area contributed by atoms with Gasteiger partial charge in [0.25, 0.3) is 0 Å². The highest BCUT2D eigenvalue weighted by molar-refractivity contribution is 5.47. The van der Waals surface area contributed by atoms with Crippen molar-refractivity contribution in [3.05, 3.63) is 11.6 Å². The van der Waals surface area contributed by atoms with Gasteiger partial charge in [-0.05, 0) is 12.8 Å². The van der Waals surface area contributed by atoms with Gasteiger partial charge in [-0.1, -0.05) is 0 Å². The molecule has 0 bridgehead atoms. The van der Waals surface area contributed by atoms with Crippen molar-refractivity contribution in [3.8, 4) is 0 Å². The molecule has 0 radical (unpaired) electrons. The van der Waals surface area contributed by atoms with Gasteiger partial charge in [0.1, 0.15) is 5.82 Å². The maximum atomic E-state index is 10.6. The molecule has 0 saturated heterocycles. The van der Waals surface area contributed by atoms with Gasteiger partial charge in [-0.2, -0.15) is 0 Å². The smallest absolute Gasteiger partial charge is 0.210 e. The van der Waals surface area contributed by atoms with Crippen LogP contribution in [-0.2, 0) is 17.9 Å². The van der Waals surface area contributed by atoms with E-state index in [1.165, 1.54) is 12.8 Å². The van der Waals surface area contributed by atoms with Crippen LogP contribution in [-0.4, -0.2) is 32.6 Å². The number of aromatic nitrogens is 3. The third kappa shape index (κ3) is 1.12. The first-order valence-electron chi connectivity index (χ1n) is 5.00. The number of rotatable bonds is 2. The van der Waals surface area contributed by atoms with E-state index in [4.69, 9.17) is 0 Å². The number of hydrogen-bond acceptors (Lipinski definition) is 3. The average Bonchev–Trinajstić information content (AvgIpc) is 2.98. The van der Waals surface area contributed by atoms with Crippen molar-refractivity contribution >= 4 is 6.41 Å². The van der Waals surface area contributed by atoms with Crippen molar-refractivity contribution in [2.45, 2.75) is 31.8 Å². The fourth-order valence-corrected chi connectivity index (χ4v) is 1.93. The molecule has 1 saturated carbocycles. The minimum atomic E-state index is 0.614. The second kappa shape index (κ2) is 2.80. The van der Waals surface area contributed by atoms with Crippen LogP contribution in [0.3, 0.4) is 0 Å². The van der Waals surface area contributed by atoms with Crippen LogP contribution in [0.5, 0.6) is 0 Å². The third-order valence-electron chi connectivity index (χ3n) is 2.90. The van der Waals surface area contributed by atoms with E-state index >= 15 is 0 Å². The van der Waals surface area contributed by atoms with Crippen LogP contribution in [0.2, 0.25) is 0 Å². The number of carbonyl (C=O) groups is 1. The van der Waals surface area contributed by atoms with Crippen molar-refractivity contribution in [2.75, 3.05) is 6.54 Å². The molecule has 0 aromatic carbocycles. The zero-order chi connectivity index (χ0) is 9.54. The van der Waals surface area contributed by atoms with Gasteiger partial charge in [0, 0.05) is 19.0 Å². The molecule has 1 amide bonds. The predicted octanol–water partition coefficient (Wildman–Crippen LogP) is 0.127. The third-order valence-corrected chi connectivity index (χ3v) is 2.90. The summed E-state index contributed by atoms with van der Waals surface area (Å²) in [5, 5.41) is 8.33. The van der Waals surface area contributed by atoms with Crippen LogP contribution < -0.4 is 0 Å². The van der Waals surface area contributed by atoms with Gasteiger partial charge in [0.15, 0.2) is 5.82 Å². The monoisotopic (exact) mass is 192 g/mol. The maximum Gasteiger partial charge on any atom is 0.210 e. The van der Waals surface area contributed by atoms with Crippen LogP contribution in [0.25, 0.3) is 0 Å². The maximum absolute atomic E-state index is 10.6. The van der Waals surface area contributed by atoms with E-state index in [1.807, 2.05) is 0 Å². The lowest BCUT2D eigenvalue weighted by Gasteiger charge is -2.23. The summed E-state index contributed by atoms with van der Waals surface area (Å²) in [6, 6.07) is 0. The summed E-state index contributed by atoms with van der Waals surface area (Å²) in [6.45, 7) is 2.25. The molecule has 1 fully saturated rings. The lowest BCUT2D eigenvalue weighted by atomic mass is 10.3. The van der Waals surface area contributed by atoms with Gasteiger partial charge >= 0.3 is 0 Å². The summed E-state index contributed by atoms with van der Waals surface area (Å²) in [6.07, 6.45) is 3.38. The van der Waals surface area contributed by atoms with Gasteiger partial charge in [-0.25, -0.2) is 0 Å². The molecule has 1 aliphatic carbocycles. The predicted molar refractivity (Wildman–Crippen MR) is 48.5 cm³/mol. The lowest BCUT2D eigenvalue weighted by Crippen LogP contribution is -2.33. The summed E-state index contributed by atoms with van der Waals surface area (Å²) in [7, 11) is 0. The number of amides is 1. The molecule has 1 aromatic heterocycles. The van der Waals surface area contributed by atoms with Gasteiger partial charge in [0.2, 0.25) is 6.41 Å². The van der Waals surface area contributed by atoms with Gasteiger partial charge in [0.05, 0.1) is 6.54 Å². The summed E-state index contributed by atoms with van der Waals surface area (Å²) < 4.78 is 2.18. The zero-order valence-electron chi connectivity index (χ0n) is 7.89. The van der Waals surface area contributed by atoms with Crippen molar-refractivity contribution < 1.29 is 4.79 Å². The first-order chi connectivity index (χ1) is 6.88. The van der Waals surface area contributed by atoms with Crippen molar-refractivity contribution in [3.63, 3.8) is 0 Å². The minimum Gasteiger partial charge on any atom is -0.336 e. The van der Waals surface area contributed by atoms with Gasteiger partial charge in [-0.15, -0.1) is 10.2 Å². The van der Waals surface area contributed by atoms with E-state index in [1.54, 1.807) is 4.90 Å². The summed E-state index contributed by atoms with van der Waals surface area (Å²) in [5.74, 6) is 2.70. The van der Waals surface area contributed by atoms with E-state index in [2.05, 4.69) is 14.8 Å². The standard InChI is InChI=1S/C9H12N4O/c14-6-12-3-4-13-8(5-12)10-11-9(13)7-1-2-7/h6-7H,1-5H2. The van der Waals surface area contributed by atoms with E-state index < -0.39 is 0 Å². The highest BCUT2D eigenvalue weighted by atomic mass is 16.1. The van der Waals surface area contributed by atoms with Crippen molar-refractivity contribution in [1.82, 2.24) is 19.7 Å². The molecule has 1 aliphatic heterocycles. The molecule has 74 valence electrons. The highest BCUT2D eigenvalue weighted by Gasteiger charge is 2.31. The first kappa shape index (κ1) is 7.96. The van der Waals surface area contributed by atoms with E-state index in [0.29, 0.717) is 12.5 Å². The van der Waals surface area contributed by atoms with Crippen molar-refractivity contribution in [1.29, 1.82) is 0 Å². The van der Waals surface area contributed by atoms with E-state index in [0.717, 1.165) is 31.1 Å². The summed E-state index contributed by atoms with van der Waals surface area (Å²) >= 11 is 0. The SMILES string of the molecule is O=CN1CCn2c(nnc2C2CC2)C1. The fraction of sp³-hybridized carbons (Fsp3) is 0.667. The highest BCUT2D eigenvalue weighted by Crippen LogP contribution is 2.39. The lowest BCUT2D eigenvalue weighted by molar-refractivity contribution is -0.119. The molecule has 2 heterocycles. The molecule has 1 aromatic rings. The Hall–Kier alpha value is -1.39. The normalized spacial score (nSPS) is 20.7. The molecular weight excluding hydrogens is 180 g/mol. The molecule has 14 heavy (non-hydrogen) atoms. The Morgan fingerprint density at radius 3 is 2.86 bits per heavy atom. The molecular formula is C9H12N4O. The second-order valence-corrected chi connectivity index (χ2v) is 3.98. The Kier molecular flexibility index (Phi) is 1.59. The summed E-state index contributed by atoms with van der Waals surface area (Å²) in [4.78, 5) is 12.3. The molecule has 5 heteroatoms. The Morgan fingerprint density at radius 1 is 1.29 bits per heavy atom. The Balaban J connectivity index is 1.92. The van der Waals surface area contributed by atoms with E-state index in [9.17, 15) is 4.79 Å². The zero-order valence-corrected chi connectivity index (χ0v) is 7.89. The number of hydrogen-bond donors (Lipinski definition) is 0. The van der Waals surface area contributed by atoms with Gasteiger partial charge in [-0.3, -0.25) is 4.79 Å². The van der Waals surface area contributed by atoms with Crippen LogP contribution in [0.15, 0.2) is 0 Å². The van der Waals surface area contributed by atoms with E-state index in [-0.39, 0.29) is 0 Å². The van der Waals surface area contributed by atoms with Crippen LogP contribution in [0.4, 0.5) is 0 Å². The van der Waals surface area contributed by atoms with Crippen LogP contribution >= 0.6 is 0 Å². The number of fused-ring (bicyclic) bond motifs is 1. The molecule has 0 unspecified atom stereocenters. The number of carbonyl (C=O) groups excluding carboxylic acids is 1. The van der Waals surface area contributed by atoms with Crippen LogP contribution in [0.1, 0.15) is 30.4 Å². The second-order valence-electron chi connectivity index (χ2n) is 3.98. The largest absolute Gasteiger partial charge is 0.336 e. The van der Waals surface area contributed by atoms with Crippen molar-refractivity contribution in [2.24, 2.45) is 0 Å². The first-order valence-corrected chi connectivity index (χ1v) is 5.00. The molecule has 2 aliphatic rings. The Morgan fingerprint density at radius 2 is 2.14 bits per heavy atom.